The molecule has 7 nitrogen and oxygen atoms in total. The van der Waals surface area contributed by atoms with Crippen LogP contribution in [0.25, 0.3) is 0 Å². The Hall–Kier alpha value is -2.13. The van der Waals surface area contributed by atoms with Gasteiger partial charge in [0.2, 0.25) is 11.0 Å². The quantitative estimate of drug-likeness (QED) is 0.485. The third-order valence-electron chi connectivity index (χ3n) is 4.02. The average molecular weight is 409 g/mol. The molecule has 0 aliphatic rings. The maximum absolute atomic E-state index is 12.2. The van der Waals surface area contributed by atoms with E-state index in [-0.39, 0.29) is 17.6 Å². The van der Waals surface area contributed by atoms with Crippen molar-refractivity contribution in [2.45, 2.75) is 37.6 Å². The van der Waals surface area contributed by atoms with Crippen LogP contribution in [0.15, 0.2) is 28.6 Å². The molecule has 146 valence electrons. The number of ether oxygens (including phenoxy) is 1. The summed E-state index contributed by atoms with van der Waals surface area (Å²) in [6.07, 6.45) is 0.762. The molecule has 1 amide bonds. The van der Waals surface area contributed by atoms with Crippen molar-refractivity contribution in [2.75, 3.05) is 18.2 Å². The second kappa shape index (κ2) is 10.3. The molecule has 0 radical (unpaired) electrons. The summed E-state index contributed by atoms with van der Waals surface area (Å²) in [5, 5.41) is 14.8. The first-order valence-corrected chi connectivity index (χ1v) is 10.4. The van der Waals surface area contributed by atoms with E-state index in [1.165, 1.54) is 35.8 Å². The van der Waals surface area contributed by atoms with Crippen molar-refractivity contribution in [3.63, 3.8) is 0 Å². The number of aromatic nitrogens is 2. The standard InChI is InChI=1S/C18H24N4O3S2/c1-5-12(3)15(16(24)25-4)20-14(23)10-26-18-22-21-17(27-18)19-13-8-6-11(2)7-9-13/h6-9,12,15H,5,10H2,1-4H3,(H,19,21)(H,20,23)/t12-,15-/m1/s1. The number of anilines is 2. The molecule has 9 heteroatoms. The number of hydrogen-bond donors (Lipinski definition) is 2. The Morgan fingerprint density at radius 3 is 2.59 bits per heavy atom. The predicted octanol–water partition coefficient (Wildman–Crippen LogP) is 3.39. The first-order chi connectivity index (χ1) is 12.9. The Balaban J connectivity index is 1.87. The lowest BCUT2D eigenvalue weighted by atomic mass is 9.99. The molecule has 0 aliphatic heterocycles. The van der Waals surface area contributed by atoms with E-state index in [2.05, 4.69) is 20.8 Å². The maximum Gasteiger partial charge on any atom is 0.328 e. The van der Waals surface area contributed by atoms with Crippen LogP contribution in [-0.2, 0) is 14.3 Å². The highest BCUT2D eigenvalue weighted by Crippen LogP contribution is 2.27. The SMILES string of the molecule is CC[C@@H](C)[C@@H](NC(=O)CSc1nnc(Nc2ccc(C)cc2)s1)C(=O)OC. The Kier molecular flexibility index (Phi) is 8.05. The van der Waals surface area contributed by atoms with Gasteiger partial charge >= 0.3 is 5.97 Å². The normalized spacial score (nSPS) is 12.9. The van der Waals surface area contributed by atoms with Crippen molar-refractivity contribution in [3.05, 3.63) is 29.8 Å². The van der Waals surface area contributed by atoms with Gasteiger partial charge in [-0.1, -0.05) is 61.1 Å². The maximum atomic E-state index is 12.2. The zero-order valence-electron chi connectivity index (χ0n) is 15.8. The Labute approximate surface area is 167 Å². The molecule has 0 unspecified atom stereocenters. The molecule has 0 saturated carbocycles. The molecule has 2 aromatic rings. The number of aryl methyl sites for hydroxylation is 1. The second-order valence-corrected chi connectivity index (χ2v) is 8.31. The largest absolute Gasteiger partial charge is 0.467 e. The number of benzene rings is 1. The molecule has 0 fully saturated rings. The van der Waals surface area contributed by atoms with Crippen LogP contribution in [0.5, 0.6) is 0 Å². The van der Waals surface area contributed by atoms with Crippen LogP contribution in [0.2, 0.25) is 0 Å². The Bertz CT molecular complexity index is 764. The van der Waals surface area contributed by atoms with Gasteiger partial charge in [-0.2, -0.15) is 0 Å². The zero-order chi connectivity index (χ0) is 19.8. The first-order valence-electron chi connectivity index (χ1n) is 8.60. The van der Waals surface area contributed by atoms with E-state index in [1.54, 1.807) is 0 Å². The van der Waals surface area contributed by atoms with Crippen LogP contribution >= 0.6 is 23.1 Å². The lowest BCUT2D eigenvalue weighted by Crippen LogP contribution is -2.46. The summed E-state index contributed by atoms with van der Waals surface area (Å²) < 4.78 is 5.46. The lowest BCUT2D eigenvalue weighted by Gasteiger charge is -2.21. The summed E-state index contributed by atoms with van der Waals surface area (Å²) in [7, 11) is 1.32. The second-order valence-electron chi connectivity index (χ2n) is 6.11. The van der Waals surface area contributed by atoms with Crippen molar-refractivity contribution in [1.29, 1.82) is 0 Å². The van der Waals surface area contributed by atoms with Gasteiger partial charge in [-0.05, 0) is 25.0 Å². The predicted molar refractivity (Wildman–Crippen MR) is 108 cm³/mol. The van der Waals surface area contributed by atoms with Crippen molar-refractivity contribution >= 4 is 45.8 Å². The van der Waals surface area contributed by atoms with E-state index >= 15 is 0 Å². The van der Waals surface area contributed by atoms with Crippen LogP contribution in [0.3, 0.4) is 0 Å². The number of nitrogens with zero attached hydrogens (tertiary/aromatic N) is 2. The number of hydrogen-bond acceptors (Lipinski definition) is 8. The van der Waals surface area contributed by atoms with Crippen LogP contribution < -0.4 is 10.6 Å². The number of methoxy groups -OCH3 is 1. The van der Waals surface area contributed by atoms with Crippen LogP contribution in [0.1, 0.15) is 25.8 Å². The minimum absolute atomic E-state index is 0.00163. The third-order valence-corrected chi connectivity index (χ3v) is 5.99. The summed E-state index contributed by atoms with van der Waals surface area (Å²) >= 11 is 2.66. The highest BCUT2D eigenvalue weighted by molar-refractivity contribution is 8.01. The molecule has 2 N–H and O–H groups in total. The smallest absolute Gasteiger partial charge is 0.328 e. The number of carbonyl (C=O) groups is 2. The van der Waals surface area contributed by atoms with Gasteiger partial charge in [0.1, 0.15) is 6.04 Å². The summed E-state index contributed by atoms with van der Waals surface area (Å²) in [6, 6.07) is 7.33. The zero-order valence-corrected chi connectivity index (χ0v) is 17.4. The fourth-order valence-electron chi connectivity index (χ4n) is 2.22. The van der Waals surface area contributed by atoms with Gasteiger partial charge in [0.25, 0.3) is 0 Å². The highest BCUT2D eigenvalue weighted by atomic mass is 32.2. The third kappa shape index (κ3) is 6.51. The van der Waals surface area contributed by atoms with Gasteiger partial charge in [-0.25, -0.2) is 4.79 Å². The molecule has 1 aromatic heterocycles. The minimum Gasteiger partial charge on any atom is -0.467 e. The van der Waals surface area contributed by atoms with E-state index in [9.17, 15) is 9.59 Å². The van der Waals surface area contributed by atoms with Crippen molar-refractivity contribution in [1.82, 2.24) is 15.5 Å². The molecule has 2 rings (SSSR count). The fourth-order valence-corrected chi connectivity index (χ4v) is 3.80. The van der Waals surface area contributed by atoms with Crippen LogP contribution in [0, 0.1) is 12.8 Å². The van der Waals surface area contributed by atoms with E-state index < -0.39 is 12.0 Å². The molecule has 27 heavy (non-hydrogen) atoms. The van der Waals surface area contributed by atoms with Gasteiger partial charge in [0, 0.05) is 5.69 Å². The summed E-state index contributed by atoms with van der Waals surface area (Å²) in [4.78, 5) is 24.0. The van der Waals surface area contributed by atoms with Crippen molar-refractivity contribution < 1.29 is 14.3 Å². The van der Waals surface area contributed by atoms with E-state index in [0.29, 0.717) is 9.47 Å². The highest BCUT2D eigenvalue weighted by Gasteiger charge is 2.26. The molecule has 0 saturated heterocycles. The number of rotatable bonds is 9. The number of nitrogens with one attached hydrogen (secondary N) is 2. The minimum atomic E-state index is -0.638. The monoisotopic (exact) mass is 408 g/mol. The number of amides is 1. The summed E-state index contributed by atoms with van der Waals surface area (Å²) in [5.74, 6) is -0.510. The van der Waals surface area contributed by atoms with Gasteiger partial charge in [-0.3, -0.25) is 4.79 Å². The summed E-state index contributed by atoms with van der Waals surface area (Å²) in [6.45, 7) is 5.90. The number of esters is 1. The van der Waals surface area contributed by atoms with Gasteiger partial charge in [0.15, 0.2) is 4.34 Å². The van der Waals surface area contributed by atoms with Crippen LogP contribution in [-0.4, -0.2) is 41.0 Å². The molecule has 0 aliphatic carbocycles. The fraction of sp³-hybridized carbons (Fsp3) is 0.444. The van der Waals surface area contributed by atoms with Gasteiger partial charge in [0.05, 0.1) is 12.9 Å². The molecule has 1 aromatic carbocycles. The number of carbonyl (C=O) groups excluding carboxylic acids is 2. The topological polar surface area (TPSA) is 93.2 Å². The first kappa shape index (κ1) is 21.2. The Morgan fingerprint density at radius 2 is 1.96 bits per heavy atom. The molecular weight excluding hydrogens is 384 g/mol. The van der Waals surface area contributed by atoms with Crippen molar-refractivity contribution in [2.24, 2.45) is 5.92 Å². The average Bonchev–Trinajstić information content (AvgIpc) is 3.12. The number of thioether (sulfide) groups is 1. The van der Waals surface area contributed by atoms with Gasteiger partial charge < -0.3 is 15.4 Å². The molecule has 2 atom stereocenters. The van der Waals surface area contributed by atoms with Crippen LogP contribution in [0.4, 0.5) is 10.8 Å². The van der Waals surface area contributed by atoms with Gasteiger partial charge in [-0.15, -0.1) is 10.2 Å². The lowest BCUT2D eigenvalue weighted by molar-refractivity contribution is -0.146. The van der Waals surface area contributed by atoms with Crippen molar-refractivity contribution in [3.8, 4) is 0 Å². The summed E-state index contributed by atoms with van der Waals surface area (Å²) in [5.41, 5.74) is 2.11. The molecule has 1 heterocycles. The molecule has 0 spiro atoms. The Morgan fingerprint density at radius 1 is 1.26 bits per heavy atom. The van der Waals surface area contributed by atoms with E-state index in [4.69, 9.17) is 4.74 Å². The molecular formula is C18H24N4O3S2. The van der Waals surface area contributed by atoms with E-state index in [0.717, 1.165) is 12.1 Å². The molecule has 0 bridgehead atoms. The van der Waals surface area contributed by atoms with E-state index in [1.807, 2.05) is 45.0 Å².